The lowest BCUT2D eigenvalue weighted by atomic mass is 9.94. The highest BCUT2D eigenvalue weighted by molar-refractivity contribution is 5.92. The molecule has 0 aliphatic carbocycles. The molecule has 0 aromatic heterocycles. The molecule has 0 spiro atoms. The molecule has 3 aromatic carbocycles. The molecule has 3 heteroatoms. The number of hydrogen-bond donors (Lipinski definition) is 1. The van der Waals surface area contributed by atoms with Crippen molar-refractivity contribution in [3.63, 3.8) is 0 Å². The Labute approximate surface area is 148 Å². The molecule has 0 radical (unpaired) electrons. The van der Waals surface area contributed by atoms with Gasteiger partial charge in [0.1, 0.15) is 0 Å². The number of rotatable bonds is 4. The standard InChI is InChI=1S/C22H22N2O/c1-16(25)23-19-11-14-21(18-9-12-20(13-10-18)24(2)3)22(15-19)17-7-5-4-6-8-17/h4-15H,1-3H3,(H,23,25). The minimum absolute atomic E-state index is 0.0675. The summed E-state index contributed by atoms with van der Waals surface area (Å²) in [7, 11) is 4.07. The number of hydrogen-bond acceptors (Lipinski definition) is 2. The highest BCUT2D eigenvalue weighted by Crippen LogP contribution is 2.35. The van der Waals surface area contributed by atoms with Gasteiger partial charge in [-0.05, 0) is 46.5 Å². The zero-order valence-electron chi connectivity index (χ0n) is 14.8. The van der Waals surface area contributed by atoms with E-state index in [1.165, 1.54) is 12.6 Å². The van der Waals surface area contributed by atoms with E-state index in [0.717, 1.165) is 27.9 Å². The van der Waals surface area contributed by atoms with Crippen molar-refractivity contribution in [3.05, 3.63) is 72.8 Å². The van der Waals surface area contributed by atoms with Gasteiger partial charge in [-0.2, -0.15) is 0 Å². The van der Waals surface area contributed by atoms with Gasteiger partial charge in [0.2, 0.25) is 5.91 Å². The fraction of sp³-hybridized carbons (Fsp3) is 0.136. The molecule has 0 saturated carbocycles. The third-order valence-electron chi connectivity index (χ3n) is 4.12. The number of nitrogens with zero attached hydrogens (tertiary/aromatic N) is 1. The Morgan fingerprint density at radius 2 is 1.44 bits per heavy atom. The van der Waals surface area contributed by atoms with Crippen LogP contribution in [0.5, 0.6) is 0 Å². The van der Waals surface area contributed by atoms with Crippen molar-refractivity contribution >= 4 is 17.3 Å². The number of carbonyl (C=O) groups is 1. The molecule has 0 unspecified atom stereocenters. The number of nitrogens with one attached hydrogen (secondary N) is 1. The largest absolute Gasteiger partial charge is 0.378 e. The van der Waals surface area contributed by atoms with Crippen molar-refractivity contribution < 1.29 is 4.79 Å². The zero-order valence-corrected chi connectivity index (χ0v) is 14.8. The van der Waals surface area contributed by atoms with Crippen molar-refractivity contribution in [1.29, 1.82) is 0 Å². The van der Waals surface area contributed by atoms with Gasteiger partial charge in [-0.15, -0.1) is 0 Å². The van der Waals surface area contributed by atoms with Crippen molar-refractivity contribution in [2.45, 2.75) is 6.92 Å². The van der Waals surface area contributed by atoms with Gasteiger partial charge in [0.15, 0.2) is 0 Å². The van der Waals surface area contributed by atoms with Gasteiger partial charge < -0.3 is 10.2 Å². The molecule has 0 fully saturated rings. The van der Waals surface area contributed by atoms with Crippen LogP contribution in [0, 0.1) is 0 Å². The lowest BCUT2D eigenvalue weighted by Gasteiger charge is -2.15. The lowest BCUT2D eigenvalue weighted by molar-refractivity contribution is -0.114. The highest BCUT2D eigenvalue weighted by atomic mass is 16.1. The molecule has 1 amide bonds. The molecule has 0 bridgehead atoms. The van der Waals surface area contributed by atoms with Crippen molar-refractivity contribution in [3.8, 4) is 22.3 Å². The molecular formula is C22H22N2O. The van der Waals surface area contributed by atoms with Gasteiger partial charge in [-0.25, -0.2) is 0 Å². The van der Waals surface area contributed by atoms with E-state index >= 15 is 0 Å². The van der Waals surface area contributed by atoms with E-state index in [1.807, 2.05) is 44.4 Å². The highest BCUT2D eigenvalue weighted by Gasteiger charge is 2.10. The molecule has 0 saturated heterocycles. The number of anilines is 2. The molecule has 25 heavy (non-hydrogen) atoms. The summed E-state index contributed by atoms with van der Waals surface area (Å²) < 4.78 is 0. The van der Waals surface area contributed by atoms with Crippen molar-refractivity contribution in [2.75, 3.05) is 24.3 Å². The maximum Gasteiger partial charge on any atom is 0.221 e. The summed E-state index contributed by atoms with van der Waals surface area (Å²) in [6.45, 7) is 1.52. The third-order valence-corrected chi connectivity index (χ3v) is 4.12. The average Bonchev–Trinajstić information content (AvgIpc) is 2.62. The van der Waals surface area contributed by atoms with Crippen molar-refractivity contribution in [1.82, 2.24) is 0 Å². The Hall–Kier alpha value is -3.07. The third kappa shape index (κ3) is 3.89. The van der Waals surface area contributed by atoms with Gasteiger partial charge in [0.05, 0.1) is 0 Å². The van der Waals surface area contributed by atoms with Crippen LogP contribution in [-0.2, 0) is 4.79 Å². The van der Waals surface area contributed by atoms with E-state index in [2.05, 4.69) is 52.7 Å². The summed E-state index contributed by atoms with van der Waals surface area (Å²) in [4.78, 5) is 13.5. The molecule has 0 aliphatic rings. The molecule has 3 nitrogen and oxygen atoms in total. The van der Waals surface area contributed by atoms with Crippen LogP contribution < -0.4 is 10.2 Å². The first kappa shape index (κ1) is 16.8. The fourth-order valence-corrected chi connectivity index (χ4v) is 2.87. The van der Waals surface area contributed by atoms with E-state index in [1.54, 1.807) is 0 Å². The Bertz CT molecular complexity index is 868. The molecule has 0 aliphatic heterocycles. The second-order valence-electron chi connectivity index (χ2n) is 6.25. The van der Waals surface area contributed by atoms with E-state index < -0.39 is 0 Å². The molecule has 3 rings (SSSR count). The summed E-state index contributed by atoms with van der Waals surface area (Å²) in [5.41, 5.74) is 6.50. The van der Waals surface area contributed by atoms with E-state index in [4.69, 9.17) is 0 Å². The van der Waals surface area contributed by atoms with Crippen LogP contribution in [0.15, 0.2) is 72.8 Å². The summed E-state index contributed by atoms with van der Waals surface area (Å²) in [5.74, 6) is -0.0675. The lowest BCUT2D eigenvalue weighted by Crippen LogP contribution is -2.08. The second-order valence-corrected chi connectivity index (χ2v) is 6.25. The van der Waals surface area contributed by atoms with E-state index in [9.17, 15) is 4.79 Å². The quantitative estimate of drug-likeness (QED) is 0.726. The molecule has 0 atom stereocenters. The van der Waals surface area contributed by atoms with Crippen molar-refractivity contribution in [2.24, 2.45) is 0 Å². The Morgan fingerprint density at radius 3 is 2.04 bits per heavy atom. The van der Waals surface area contributed by atoms with Gasteiger partial charge >= 0.3 is 0 Å². The minimum Gasteiger partial charge on any atom is -0.378 e. The van der Waals surface area contributed by atoms with Gasteiger partial charge in [-0.1, -0.05) is 48.5 Å². The maximum absolute atomic E-state index is 11.4. The van der Waals surface area contributed by atoms with Gasteiger partial charge in [0.25, 0.3) is 0 Å². The molecule has 126 valence electrons. The van der Waals surface area contributed by atoms with E-state index in [-0.39, 0.29) is 5.91 Å². The predicted molar refractivity (Wildman–Crippen MR) is 106 cm³/mol. The summed E-state index contributed by atoms with van der Waals surface area (Å²) >= 11 is 0. The molecule has 3 aromatic rings. The average molecular weight is 330 g/mol. The van der Waals surface area contributed by atoms with Gasteiger partial charge in [-0.3, -0.25) is 4.79 Å². The Kier molecular flexibility index (Phi) is 4.85. The van der Waals surface area contributed by atoms with Crippen LogP contribution >= 0.6 is 0 Å². The first-order chi connectivity index (χ1) is 12.0. The number of amides is 1. The predicted octanol–water partition coefficient (Wildman–Crippen LogP) is 5.05. The number of benzene rings is 3. The first-order valence-electron chi connectivity index (χ1n) is 8.29. The fourth-order valence-electron chi connectivity index (χ4n) is 2.87. The van der Waals surface area contributed by atoms with Crippen LogP contribution in [0.25, 0.3) is 22.3 Å². The second kappa shape index (κ2) is 7.22. The van der Waals surface area contributed by atoms with Crippen LogP contribution in [0.3, 0.4) is 0 Å². The molecule has 0 heterocycles. The number of carbonyl (C=O) groups excluding carboxylic acids is 1. The molecular weight excluding hydrogens is 308 g/mol. The van der Waals surface area contributed by atoms with Crippen LogP contribution in [0.2, 0.25) is 0 Å². The normalized spacial score (nSPS) is 10.4. The summed E-state index contributed by atoms with van der Waals surface area (Å²) in [5, 5.41) is 2.87. The summed E-state index contributed by atoms with van der Waals surface area (Å²) in [6.07, 6.45) is 0. The SMILES string of the molecule is CC(=O)Nc1ccc(-c2ccc(N(C)C)cc2)c(-c2ccccc2)c1. The van der Waals surface area contributed by atoms with Crippen LogP contribution in [-0.4, -0.2) is 20.0 Å². The Balaban J connectivity index is 2.10. The zero-order chi connectivity index (χ0) is 17.8. The monoisotopic (exact) mass is 330 g/mol. The molecule has 1 N–H and O–H groups in total. The minimum atomic E-state index is -0.0675. The first-order valence-corrected chi connectivity index (χ1v) is 8.29. The topological polar surface area (TPSA) is 32.3 Å². The van der Waals surface area contributed by atoms with E-state index in [0.29, 0.717) is 0 Å². The smallest absolute Gasteiger partial charge is 0.221 e. The maximum atomic E-state index is 11.4. The van der Waals surface area contributed by atoms with Crippen LogP contribution in [0.4, 0.5) is 11.4 Å². The van der Waals surface area contributed by atoms with Gasteiger partial charge in [0, 0.05) is 32.4 Å². The summed E-state index contributed by atoms with van der Waals surface area (Å²) in [6, 6.07) is 24.8. The van der Waals surface area contributed by atoms with Crippen LogP contribution in [0.1, 0.15) is 6.92 Å². The Morgan fingerprint density at radius 1 is 0.800 bits per heavy atom.